The summed E-state index contributed by atoms with van der Waals surface area (Å²) in [5.74, 6) is -4.33. The van der Waals surface area contributed by atoms with E-state index in [9.17, 15) is 27.9 Å². The fourth-order valence-corrected chi connectivity index (χ4v) is 4.57. The third-order valence-corrected chi connectivity index (χ3v) is 6.43. The molecule has 36 heavy (non-hydrogen) atoms. The second-order valence-corrected chi connectivity index (χ2v) is 8.68. The molecule has 2 amide bonds. The summed E-state index contributed by atoms with van der Waals surface area (Å²) in [7, 11) is 1.54. The highest BCUT2D eigenvalue weighted by Crippen LogP contribution is 2.36. The quantitative estimate of drug-likeness (QED) is 0.456. The number of methoxy groups -OCH3 is 1. The van der Waals surface area contributed by atoms with Crippen LogP contribution in [0.15, 0.2) is 66.7 Å². The van der Waals surface area contributed by atoms with E-state index in [0.29, 0.717) is 17.4 Å². The molecular weight excluding hydrogens is 473 g/mol. The SMILES string of the molecule is COc1ccc(CN2C[C@@H](N(Cc3ccccc3)C(=O)O)[C@H](c3cc(F)c(F)cc3F)CC2=O)cc1. The van der Waals surface area contributed by atoms with Gasteiger partial charge in [-0.3, -0.25) is 9.69 Å². The number of hydrogen-bond acceptors (Lipinski definition) is 3. The van der Waals surface area contributed by atoms with Crippen molar-refractivity contribution in [2.24, 2.45) is 0 Å². The molecule has 1 saturated heterocycles. The van der Waals surface area contributed by atoms with Crippen LogP contribution < -0.4 is 4.74 Å². The molecule has 3 aromatic carbocycles. The van der Waals surface area contributed by atoms with Crippen LogP contribution in [0.5, 0.6) is 5.75 Å². The number of nitrogens with zero attached hydrogens (tertiary/aromatic N) is 2. The van der Waals surface area contributed by atoms with Crippen molar-refractivity contribution >= 4 is 12.0 Å². The number of amides is 2. The lowest BCUT2D eigenvalue weighted by molar-refractivity contribution is -0.137. The number of ether oxygens (including phenoxy) is 1. The predicted molar refractivity (Wildman–Crippen MR) is 126 cm³/mol. The molecule has 1 aliphatic rings. The van der Waals surface area contributed by atoms with Crippen molar-refractivity contribution < 1.29 is 32.6 Å². The van der Waals surface area contributed by atoms with Crippen LogP contribution in [0.4, 0.5) is 18.0 Å². The van der Waals surface area contributed by atoms with Crippen molar-refractivity contribution in [2.45, 2.75) is 31.5 Å². The maximum absolute atomic E-state index is 14.8. The number of halogens is 3. The number of carbonyl (C=O) groups excluding carboxylic acids is 1. The number of hydrogen-bond donors (Lipinski definition) is 1. The number of benzene rings is 3. The first kappa shape index (κ1) is 25.1. The summed E-state index contributed by atoms with van der Waals surface area (Å²) >= 11 is 0. The second-order valence-electron chi connectivity index (χ2n) is 8.68. The fourth-order valence-electron chi connectivity index (χ4n) is 4.57. The topological polar surface area (TPSA) is 70.1 Å². The summed E-state index contributed by atoms with van der Waals surface area (Å²) in [6, 6.07) is 16.2. The van der Waals surface area contributed by atoms with Gasteiger partial charge in [-0.05, 0) is 34.9 Å². The van der Waals surface area contributed by atoms with Crippen LogP contribution in [-0.2, 0) is 17.9 Å². The highest BCUT2D eigenvalue weighted by Gasteiger charge is 2.41. The number of carboxylic acid groups (broad SMARTS) is 1. The molecule has 0 aliphatic carbocycles. The molecule has 0 saturated carbocycles. The number of piperidine rings is 1. The molecule has 1 fully saturated rings. The summed E-state index contributed by atoms with van der Waals surface area (Å²) in [5, 5.41) is 10.1. The zero-order valence-corrected chi connectivity index (χ0v) is 19.5. The molecule has 0 radical (unpaired) electrons. The van der Waals surface area contributed by atoms with Crippen molar-refractivity contribution in [3.05, 3.63) is 101 Å². The van der Waals surface area contributed by atoms with E-state index in [1.54, 1.807) is 61.7 Å². The second kappa shape index (κ2) is 10.7. The van der Waals surface area contributed by atoms with E-state index in [0.717, 1.165) is 16.5 Å². The Morgan fingerprint density at radius 2 is 1.67 bits per heavy atom. The number of carbonyl (C=O) groups is 2. The van der Waals surface area contributed by atoms with E-state index in [1.165, 1.54) is 4.90 Å². The van der Waals surface area contributed by atoms with Crippen LogP contribution in [0.3, 0.4) is 0 Å². The first-order valence-corrected chi connectivity index (χ1v) is 11.4. The average molecular weight is 499 g/mol. The lowest BCUT2D eigenvalue weighted by Gasteiger charge is -2.43. The van der Waals surface area contributed by atoms with Gasteiger partial charge in [0, 0.05) is 38.0 Å². The van der Waals surface area contributed by atoms with Crippen LogP contribution in [0.2, 0.25) is 0 Å². The van der Waals surface area contributed by atoms with E-state index < -0.39 is 35.5 Å². The molecule has 9 heteroatoms. The first-order valence-electron chi connectivity index (χ1n) is 11.4. The van der Waals surface area contributed by atoms with E-state index >= 15 is 0 Å². The van der Waals surface area contributed by atoms with Crippen molar-refractivity contribution in [3.63, 3.8) is 0 Å². The lowest BCUT2D eigenvalue weighted by atomic mass is 9.83. The molecule has 6 nitrogen and oxygen atoms in total. The molecule has 0 bridgehead atoms. The monoisotopic (exact) mass is 498 g/mol. The van der Waals surface area contributed by atoms with Crippen LogP contribution >= 0.6 is 0 Å². The Labute approximate surface area is 206 Å². The number of likely N-dealkylation sites (tertiary alicyclic amines) is 1. The maximum Gasteiger partial charge on any atom is 0.407 e. The van der Waals surface area contributed by atoms with Crippen LogP contribution in [-0.4, -0.2) is 46.6 Å². The standard InChI is InChI=1S/C27H25F3N2O4/c1-36-19-9-7-18(8-10-19)14-31-16-25(32(27(34)35)15-17-5-3-2-4-6-17)21(12-26(31)33)20-11-23(29)24(30)13-22(20)28/h2-11,13,21,25H,12,14-16H2,1H3,(H,34,35)/t21-,25+/m0/s1. The van der Waals surface area contributed by atoms with Crippen LogP contribution in [0.25, 0.3) is 0 Å². The minimum Gasteiger partial charge on any atom is -0.497 e. The van der Waals surface area contributed by atoms with Gasteiger partial charge in [0.05, 0.1) is 13.2 Å². The van der Waals surface area contributed by atoms with Gasteiger partial charge in [0.1, 0.15) is 11.6 Å². The summed E-state index contributed by atoms with van der Waals surface area (Å²) in [6.45, 7) is 0.130. The fraction of sp³-hybridized carbons (Fsp3) is 0.259. The molecule has 1 aliphatic heterocycles. The molecule has 0 aromatic heterocycles. The van der Waals surface area contributed by atoms with Gasteiger partial charge < -0.3 is 14.7 Å². The van der Waals surface area contributed by atoms with Gasteiger partial charge in [-0.25, -0.2) is 18.0 Å². The summed E-state index contributed by atoms with van der Waals surface area (Å²) in [4.78, 5) is 28.1. The molecule has 188 valence electrons. The van der Waals surface area contributed by atoms with Crippen LogP contribution in [0, 0.1) is 17.5 Å². The highest BCUT2D eigenvalue weighted by molar-refractivity contribution is 5.79. The third kappa shape index (κ3) is 5.45. The Morgan fingerprint density at radius 3 is 2.31 bits per heavy atom. The zero-order valence-electron chi connectivity index (χ0n) is 19.5. The van der Waals surface area contributed by atoms with Gasteiger partial charge >= 0.3 is 6.09 Å². The maximum atomic E-state index is 14.8. The predicted octanol–water partition coefficient (Wildman–Crippen LogP) is 5.18. The molecule has 1 heterocycles. The van der Waals surface area contributed by atoms with Crippen LogP contribution in [0.1, 0.15) is 29.0 Å². The zero-order chi connectivity index (χ0) is 25.8. The van der Waals surface area contributed by atoms with Crippen molar-refractivity contribution in [1.82, 2.24) is 9.80 Å². The Hall–Kier alpha value is -4.01. The van der Waals surface area contributed by atoms with Gasteiger partial charge in [0.2, 0.25) is 5.91 Å². The van der Waals surface area contributed by atoms with E-state index in [-0.39, 0.29) is 37.5 Å². The Balaban J connectivity index is 1.70. The summed E-state index contributed by atoms with van der Waals surface area (Å²) < 4.78 is 47.7. The molecule has 1 N–H and O–H groups in total. The Bertz CT molecular complexity index is 1240. The lowest BCUT2D eigenvalue weighted by Crippen LogP contribution is -2.54. The Kier molecular flexibility index (Phi) is 7.47. The van der Waals surface area contributed by atoms with Gasteiger partial charge in [0.25, 0.3) is 0 Å². The molecule has 2 atom stereocenters. The molecule has 0 unspecified atom stereocenters. The van der Waals surface area contributed by atoms with Gasteiger partial charge in [-0.15, -0.1) is 0 Å². The summed E-state index contributed by atoms with van der Waals surface area (Å²) in [5.41, 5.74) is 1.27. The smallest absolute Gasteiger partial charge is 0.407 e. The van der Waals surface area contributed by atoms with Gasteiger partial charge in [-0.2, -0.15) is 0 Å². The van der Waals surface area contributed by atoms with Gasteiger partial charge in [-0.1, -0.05) is 42.5 Å². The van der Waals surface area contributed by atoms with Crippen molar-refractivity contribution in [2.75, 3.05) is 13.7 Å². The molecular formula is C27H25F3N2O4. The normalized spacial score (nSPS) is 17.7. The van der Waals surface area contributed by atoms with Gasteiger partial charge in [0.15, 0.2) is 11.6 Å². The molecule has 0 spiro atoms. The van der Waals surface area contributed by atoms with Crippen molar-refractivity contribution in [1.29, 1.82) is 0 Å². The molecule has 3 aromatic rings. The summed E-state index contributed by atoms with van der Waals surface area (Å²) in [6.07, 6.45) is -1.53. The first-order chi connectivity index (χ1) is 17.3. The van der Waals surface area contributed by atoms with E-state index in [2.05, 4.69) is 0 Å². The van der Waals surface area contributed by atoms with E-state index in [1.807, 2.05) is 0 Å². The minimum atomic E-state index is -1.35. The van der Waals surface area contributed by atoms with Crippen molar-refractivity contribution in [3.8, 4) is 5.75 Å². The number of rotatable bonds is 7. The largest absolute Gasteiger partial charge is 0.497 e. The minimum absolute atomic E-state index is 0.0206. The average Bonchev–Trinajstić information content (AvgIpc) is 2.87. The van der Waals surface area contributed by atoms with E-state index in [4.69, 9.17) is 4.74 Å². The molecule has 4 rings (SSSR count). The Morgan fingerprint density at radius 1 is 1.00 bits per heavy atom. The third-order valence-electron chi connectivity index (χ3n) is 6.43. The highest BCUT2D eigenvalue weighted by atomic mass is 19.2.